The highest BCUT2D eigenvalue weighted by molar-refractivity contribution is 5.92. The zero-order chi connectivity index (χ0) is 11.5. The molecule has 0 radical (unpaired) electrons. The van der Waals surface area contributed by atoms with Crippen LogP contribution in [0.3, 0.4) is 0 Å². The number of hydrogen-bond donors (Lipinski definition) is 1. The molecule has 1 aliphatic heterocycles. The molecule has 1 amide bonds. The number of aromatic nitrogens is 2. The lowest BCUT2D eigenvalue weighted by atomic mass is 10.0. The summed E-state index contributed by atoms with van der Waals surface area (Å²) in [4.78, 5) is 21.9. The fourth-order valence-electron chi connectivity index (χ4n) is 2.03. The molecular formula is C11H16N4O. The smallest absolute Gasteiger partial charge is 0.274 e. The highest BCUT2D eigenvalue weighted by atomic mass is 16.2. The lowest BCUT2D eigenvalue weighted by molar-refractivity contribution is 0.0629. The Morgan fingerprint density at radius 2 is 2.31 bits per heavy atom. The summed E-state index contributed by atoms with van der Waals surface area (Å²) in [6, 6.07) is 0.282. The first-order valence-electron chi connectivity index (χ1n) is 5.57. The lowest BCUT2D eigenvalue weighted by Gasteiger charge is -2.33. The molecule has 2 heterocycles. The van der Waals surface area contributed by atoms with Gasteiger partial charge in [0.2, 0.25) is 0 Å². The molecule has 1 atom stereocenters. The second kappa shape index (κ2) is 4.47. The largest absolute Gasteiger partial charge is 0.382 e. The van der Waals surface area contributed by atoms with E-state index >= 15 is 0 Å². The quantitative estimate of drug-likeness (QED) is 0.768. The minimum atomic E-state index is -0.0630. The van der Waals surface area contributed by atoms with Crippen molar-refractivity contribution in [2.24, 2.45) is 0 Å². The lowest BCUT2D eigenvalue weighted by Crippen LogP contribution is -2.42. The Labute approximate surface area is 94.7 Å². The first-order chi connectivity index (χ1) is 7.68. The van der Waals surface area contributed by atoms with Crippen LogP contribution in [-0.4, -0.2) is 33.4 Å². The molecule has 0 bridgehead atoms. The molecule has 0 aromatic carbocycles. The third kappa shape index (κ3) is 2.13. The fraction of sp³-hybridized carbons (Fsp3) is 0.545. The molecule has 1 fully saturated rings. The summed E-state index contributed by atoms with van der Waals surface area (Å²) in [6.45, 7) is 2.87. The predicted octanol–water partition coefficient (Wildman–Crippen LogP) is 1.07. The van der Waals surface area contributed by atoms with E-state index in [-0.39, 0.29) is 17.8 Å². The summed E-state index contributed by atoms with van der Waals surface area (Å²) < 4.78 is 0. The SMILES string of the molecule is CC1CCCCN1C(=O)c1cncc(N)n1. The van der Waals surface area contributed by atoms with Crippen LogP contribution in [0, 0.1) is 0 Å². The van der Waals surface area contributed by atoms with Crippen molar-refractivity contribution in [1.29, 1.82) is 0 Å². The average Bonchev–Trinajstić information content (AvgIpc) is 2.29. The van der Waals surface area contributed by atoms with Crippen molar-refractivity contribution in [1.82, 2.24) is 14.9 Å². The molecule has 2 N–H and O–H groups in total. The van der Waals surface area contributed by atoms with Crippen molar-refractivity contribution in [3.8, 4) is 0 Å². The first-order valence-corrected chi connectivity index (χ1v) is 5.57. The molecule has 1 saturated heterocycles. The third-order valence-electron chi connectivity index (χ3n) is 2.94. The van der Waals surface area contributed by atoms with E-state index in [1.54, 1.807) is 0 Å². The fourth-order valence-corrected chi connectivity index (χ4v) is 2.03. The van der Waals surface area contributed by atoms with Crippen LogP contribution in [0.25, 0.3) is 0 Å². The molecule has 5 heteroatoms. The van der Waals surface area contributed by atoms with Gasteiger partial charge in [0.15, 0.2) is 0 Å². The Morgan fingerprint density at radius 3 is 3.00 bits per heavy atom. The summed E-state index contributed by atoms with van der Waals surface area (Å²) in [5, 5.41) is 0. The van der Waals surface area contributed by atoms with Gasteiger partial charge in [-0.15, -0.1) is 0 Å². The summed E-state index contributed by atoms with van der Waals surface area (Å²) in [5.41, 5.74) is 5.86. The monoisotopic (exact) mass is 220 g/mol. The van der Waals surface area contributed by atoms with Gasteiger partial charge in [0, 0.05) is 12.6 Å². The number of hydrogen-bond acceptors (Lipinski definition) is 4. The maximum atomic E-state index is 12.1. The van der Waals surface area contributed by atoms with E-state index in [2.05, 4.69) is 16.9 Å². The number of rotatable bonds is 1. The Bertz CT molecular complexity index is 393. The van der Waals surface area contributed by atoms with Gasteiger partial charge < -0.3 is 10.6 Å². The van der Waals surface area contributed by atoms with Crippen LogP contribution in [0.2, 0.25) is 0 Å². The van der Waals surface area contributed by atoms with Crippen molar-refractivity contribution >= 4 is 11.7 Å². The number of carbonyl (C=O) groups excluding carboxylic acids is 1. The van der Waals surface area contributed by atoms with Crippen LogP contribution in [0.1, 0.15) is 36.7 Å². The maximum Gasteiger partial charge on any atom is 0.274 e. The Balaban J connectivity index is 2.17. The zero-order valence-corrected chi connectivity index (χ0v) is 9.39. The van der Waals surface area contributed by atoms with E-state index < -0.39 is 0 Å². The van der Waals surface area contributed by atoms with Gasteiger partial charge in [-0.3, -0.25) is 9.78 Å². The minimum absolute atomic E-state index is 0.0630. The van der Waals surface area contributed by atoms with Gasteiger partial charge in [0.25, 0.3) is 5.91 Å². The molecule has 16 heavy (non-hydrogen) atoms. The molecule has 1 aliphatic rings. The van der Waals surface area contributed by atoms with Gasteiger partial charge in [-0.1, -0.05) is 0 Å². The standard InChI is InChI=1S/C11H16N4O/c1-8-4-2-3-5-15(8)11(16)9-6-13-7-10(12)14-9/h6-8H,2-5H2,1H3,(H2,12,14). The van der Waals surface area contributed by atoms with E-state index in [0.29, 0.717) is 5.69 Å². The van der Waals surface area contributed by atoms with Crippen molar-refractivity contribution in [2.75, 3.05) is 12.3 Å². The topological polar surface area (TPSA) is 72.1 Å². The van der Waals surface area contributed by atoms with Crippen LogP contribution < -0.4 is 5.73 Å². The second-order valence-electron chi connectivity index (χ2n) is 4.17. The third-order valence-corrected chi connectivity index (χ3v) is 2.94. The van der Waals surface area contributed by atoms with Crippen molar-refractivity contribution in [3.63, 3.8) is 0 Å². The number of nitrogens with two attached hydrogens (primary N) is 1. The number of anilines is 1. The predicted molar refractivity (Wildman–Crippen MR) is 60.8 cm³/mol. The molecular weight excluding hydrogens is 204 g/mol. The molecule has 0 saturated carbocycles. The van der Waals surface area contributed by atoms with Gasteiger partial charge in [-0.25, -0.2) is 4.98 Å². The highest BCUT2D eigenvalue weighted by Gasteiger charge is 2.25. The molecule has 5 nitrogen and oxygen atoms in total. The zero-order valence-electron chi connectivity index (χ0n) is 9.39. The van der Waals surface area contributed by atoms with Gasteiger partial charge >= 0.3 is 0 Å². The maximum absolute atomic E-state index is 12.1. The molecule has 1 unspecified atom stereocenters. The number of nitrogens with zero attached hydrogens (tertiary/aromatic N) is 3. The molecule has 1 aromatic heterocycles. The summed E-state index contributed by atoms with van der Waals surface area (Å²) in [7, 11) is 0. The van der Waals surface area contributed by atoms with E-state index in [1.807, 2.05) is 4.90 Å². The van der Waals surface area contributed by atoms with Gasteiger partial charge in [0.1, 0.15) is 11.5 Å². The van der Waals surface area contributed by atoms with Crippen LogP contribution in [-0.2, 0) is 0 Å². The van der Waals surface area contributed by atoms with Crippen LogP contribution in [0.4, 0.5) is 5.82 Å². The Morgan fingerprint density at radius 1 is 1.50 bits per heavy atom. The summed E-state index contributed by atoms with van der Waals surface area (Å²) in [5.74, 6) is 0.225. The Kier molecular flexibility index (Phi) is 3.03. The molecule has 1 aromatic rings. The van der Waals surface area contributed by atoms with Gasteiger partial charge in [-0.2, -0.15) is 0 Å². The number of likely N-dealkylation sites (tertiary alicyclic amines) is 1. The minimum Gasteiger partial charge on any atom is -0.382 e. The van der Waals surface area contributed by atoms with Crippen LogP contribution in [0.5, 0.6) is 0 Å². The number of nitrogen functional groups attached to an aromatic ring is 1. The molecule has 0 aliphatic carbocycles. The average molecular weight is 220 g/mol. The van der Waals surface area contributed by atoms with E-state index in [4.69, 9.17) is 5.73 Å². The van der Waals surface area contributed by atoms with Crippen molar-refractivity contribution in [3.05, 3.63) is 18.1 Å². The van der Waals surface area contributed by atoms with E-state index in [1.165, 1.54) is 18.8 Å². The highest BCUT2D eigenvalue weighted by Crippen LogP contribution is 2.18. The molecule has 86 valence electrons. The molecule has 0 spiro atoms. The second-order valence-corrected chi connectivity index (χ2v) is 4.17. The molecule has 2 rings (SSSR count). The Hall–Kier alpha value is -1.65. The summed E-state index contributed by atoms with van der Waals surface area (Å²) in [6.07, 6.45) is 6.22. The van der Waals surface area contributed by atoms with Crippen molar-refractivity contribution < 1.29 is 4.79 Å². The first kappa shape index (κ1) is 10.9. The van der Waals surface area contributed by atoms with Gasteiger partial charge in [-0.05, 0) is 26.2 Å². The summed E-state index contributed by atoms with van der Waals surface area (Å²) >= 11 is 0. The van der Waals surface area contributed by atoms with E-state index in [9.17, 15) is 4.79 Å². The number of amides is 1. The number of piperidine rings is 1. The van der Waals surface area contributed by atoms with Gasteiger partial charge in [0.05, 0.1) is 12.4 Å². The van der Waals surface area contributed by atoms with Crippen LogP contribution >= 0.6 is 0 Å². The van der Waals surface area contributed by atoms with Crippen LogP contribution in [0.15, 0.2) is 12.4 Å². The van der Waals surface area contributed by atoms with E-state index in [0.717, 1.165) is 19.4 Å². The normalized spacial score (nSPS) is 20.8. The van der Waals surface area contributed by atoms with Crippen molar-refractivity contribution in [2.45, 2.75) is 32.2 Å². The number of carbonyl (C=O) groups is 1.